The second-order valence-electron chi connectivity index (χ2n) is 19.0. The zero-order chi connectivity index (χ0) is 36.8. The van der Waals surface area contributed by atoms with Gasteiger partial charge in [-0.3, -0.25) is 0 Å². The molecule has 4 saturated carbocycles. The van der Waals surface area contributed by atoms with Crippen LogP contribution in [0.15, 0.2) is 0 Å². The summed E-state index contributed by atoms with van der Waals surface area (Å²) in [5.74, 6) is 6.45. The Morgan fingerprint density at radius 1 is 0.608 bits per heavy atom. The lowest BCUT2D eigenvalue weighted by molar-refractivity contribution is -0.113. The normalized spacial score (nSPS) is 35.9. The SMILES string of the molecule is CC(C)CCOCC1CC(CO)C(C2CCC(C3C(C=O)CC(COCCC4CCC(N)CC4)C3COCCC(C)C)C2)C1COCCC(C)C. The Hall–Kier alpha value is -0.570. The number of carbonyl (C=O) groups excluding carboxylic acids is 1. The monoisotopic (exact) mass is 720 g/mol. The molecule has 7 nitrogen and oxygen atoms in total. The van der Waals surface area contributed by atoms with E-state index >= 15 is 0 Å². The molecule has 4 aliphatic rings. The Morgan fingerprint density at radius 2 is 1.10 bits per heavy atom. The van der Waals surface area contributed by atoms with Crippen molar-refractivity contribution >= 4 is 6.29 Å². The molecule has 4 rings (SSSR count). The van der Waals surface area contributed by atoms with Crippen molar-refractivity contribution in [2.75, 3.05) is 59.5 Å². The summed E-state index contributed by atoms with van der Waals surface area (Å²) in [6.07, 6.45) is 15.9. The molecule has 0 heterocycles. The maximum atomic E-state index is 12.8. The summed E-state index contributed by atoms with van der Waals surface area (Å²) >= 11 is 0. The number of aldehydes is 1. The second-order valence-corrected chi connectivity index (χ2v) is 19.0. The van der Waals surface area contributed by atoms with Crippen molar-refractivity contribution in [3.05, 3.63) is 0 Å². The van der Waals surface area contributed by atoms with Crippen molar-refractivity contribution in [2.24, 2.45) is 88.6 Å². The van der Waals surface area contributed by atoms with Crippen molar-refractivity contribution in [2.45, 2.75) is 131 Å². The number of carbonyl (C=O) groups is 1. The van der Waals surface area contributed by atoms with Gasteiger partial charge in [0.1, 0.15) is 6.29 Å². The van der Waals surface area contributed by atoms with Gasteiger partial charge in [0, 0.05) is 58.2 Å². The first-order chi connectivity index (χ1) is 24.6. The highest BCUT2D eigenvalue weighted by Gasteiger charge is 2.52. The van der Waals surface area contributed by atoms with E-state index in [1.165, 1.54) is 32.0 Å². The lowest BCUT2D eigenvalue weighted by Gasteiger charge is -2.34. The van der Waals surface area contributed by atoms with Crippen LogP contribution in [-0.4, -0.2) is 76.9 Å². The van der Waals surface area contributed by atoms with Crippen LogP contribution in [0.5, 0.6) is 0 Å². The molecule has 0 aromatic heterocycles. The lowest BCUT2D eigenvalue weighted by atomic mass is 9.73. The van der Waals surface area contributed by atoms with Gasteiger partial charge in [0.2, 0.25) is 0 Å². The lowest BCUT2D eigenvalue weighted by Crippen LogP contribution is -2.33. The summed E-state index contributed by atoms with van der Waals surface area (Å²) in [7, 11) is 0. The van der Waals surface area contributed by atoms with E-state index in [2.05, 4.69) is 41.5 Å². The van der Waals surface area contributed by atoms with Gasteiger partial charge in [0.05, 0.1) is 13.2 Å². The molecule has 0 aromatic rings. The summed E-state index contributed by atoms with van der Waals surface area (Å²) in [6, 6.07) is 0.386. The fourth-order valence-corrected chi connectivity index (χ4v) is 10.7. The van der Waals surface area contributed by atoms with Crippen LogP contribution in [0.1, 0.15) is 125 Å². The molecular formula is C44H81NO6. The molecule has 0 aromatic carbocycles. The molecule has 0 amide bonds. The molecule has 51 heavy (non-hydrogen) atoms. The summed E-state index contributed by atoms with van der Waals surface area (Å²) in [5, 5.41) is 10.7. The van der Waals surface area contributed by atoms with Crippen LogP contribution in [0, 0.1) is 82.9 Å². The highest BCUT2D eigenvalue weighted by molar-refractivity contribution is 5.55. The number of hydrogen-bond acceptors (Lipinski definition) is 7. The average Bonchev–Trinajstić information content (AvgIpc) is 3.81. The van der Waals surface area contributed by atoms with Crippen molar-refractivity contribution in [3.8, 4) is 0 Å². The Kier molecular flexibility index (Phi) is 19.2. The van der Waals surface area contributed by atoms with E-state index in [1.54, 1.807) is 0 Å². The van der Waals surface area contributed by atoms with E-state index in [0.717, 1.165) is 117 Å². The highest BCUT2D eigenvalue weighted by atomic mass is 16.5. The average molecular weight is 720 g/mol. The standard InChI is InChI=1S/C44H81NO6/c1-30(2)13-17-48-26-38-22-36(24-46)43(41(38)28-50-18-14-31(3)4)34-9-10-35(21-34)44-37(25-47)23-39(42(44)29-51-19-15-32(5)6)27-49-20-16-33-7-11-40(45)12-8-33/h25,30-44,46H,7-24,26-29,45H2,1-6H3. The Morgan fingerprint density at radius 3 is 1.63 bits per heavy atom. The maximum absolute atomic E-state index is 12.8. The molecule has 10 atom stereocenters. The van der Waals surface area contributed by atoms with Gasteiger partial charge in [-0.15, -0.1) is 0 Å². The summed E-state index contributed by atoms with van der Waals surface area (Å²) in [4.78, 5) is 12.8. The Labute approximate surface area is 313 Å². The molecule has 0 radical (unpaired) electrons. The fraction of sp³-hybridized carbons (Fsp3) is 0.977. The molecular weight excluding hydrogens is 638 g/mol. The molecule has 0 spiro atoms. The first-order valence-electron chi connectivity index (χ1n) is 21.7. The van der Waals surface area contributed by atoms with Crippen LogP contribution >= 0.6 is 0 Å². The topological polar surface area (TPSA) is 100 Å². The maximum Gasteiger partial charge on any atom is 0.123 e. The van der Waals surface area contributed by atoms with Crippen molar-refractivity contribution in [3.63, 3.8) is 0 Å². The quantitative estimate of drug-likeness (QED) is 0.0763. The van der Waals surface area contributed by atoms with E-state index < -0.39 is 0 Å². The van der Waals surface area contributed by atoms with Crippen LogP contribution in [0.4, 0.5) is 0 Å². The van der Waals surface area contributed by atoms with Crippen molar-refractivity contribution in [1.29, 1.82) is 0 Å². The van der Waals surface area contributed by atoms with Gasteiger partial charge in [-0.25, -0.2) is 0 Å². The van der Waals surface area contributed by atoms with Gasteiger partial charge in [-0.1, -0.05) is 41.5 Å². The predicted molar refractivity (Wildman–Crippen MR) is 207 cm³/mol. The highest BCUT2D eigenvalue weighted by Crippen LogP contribution is 2.56. The van der Waals surface area contributed by atoms with Crippen LogP contribution in [-0.2, 0) is 23.7 Å². The third-order valence-corrected chi connectivity index (χ3v) is 13.8. The molecule has 0 saturated heterocycles. The summed E-state index contributed by atoms with van der Waals surface area (Å²) < 4.78 is 25.6. The second kappa shape index (κ2) is 22.7. The van der Waals surface area contributed by atoms with Crippen LogP contribution in [0.25, 0.3) is 0 Å². The van der Waals surface area contributed by atoms with Crippen molar-refractivity contribution < 1.29 is 28.8 Å². The number of nitrogens with two attached hydrogens (primary N) is 1. The number of hydrogen-bond donors (Lipinski definition) is 2. The minimum Gasteiger partial charge on any atom is -0.396 e. The molecule has 4 aliphatic carbocycles. The Balaban J connectivity index is 1.42. The number of rotatable bonds is 24. The number of ether oxygens (including phenoxy) is 4. The largest absolute Gasteiger partial charge is 0.396 e. The Bertz CT molecular complexity index is 937. The molecule has 0 bridgehead atoms. The van der Waals surface area contributed by atoms with Crippen LogP contribution in [0.2, 0.25) is 0 Å². The van der Waals surface area contributed by atoms with Gasteiger partial charge in [-0.05, 0) is 160 Å². The first-order valence-corrected chi connectivity index (χ1v) is 21.7. The van der Waals surface area contributed by atoms with Crippen LogP contribution in [0.3, 0.4) is 0 Å². The first kappa shape index (κ1) is 43.2. The summed E-state index contributed by atoms with van der Waals surface area (Å²) in [6.45, 7) is 20.0. The third kappa shape index (κ3) is 13.6. The van der Waals surface area contributed by atoms with Crippen LogP contribution < -0.4 is 5.73 Å². The molecule has 10 unspecified atom stereocenters. The minimum atomic E-state index is 0.0790. The smallest absolute Gasteiger partial charge is 0.123 e. The summed E-state index contributed by atoms with van der Waals surface area (Å²) in [5.41, 5.74) is 6.15. The van der Waals surface area contributed by atoms with E-state index in [1.807, 2.05) is 0 Å². The van der Waals surface area contributed by atoms with E-state index in [9.17, 15) is 9.90 Å². The molecule has 0 aliphatic heterocycles. The predicted octanol–water partition coefficient (Wildman–Crippen LogP) is 8.44. The van der Waals surface area contributed by atoms with Gasteiger partial charge in [0.15, 0.2) is 0 Å². The van der Waals surface area contributed by atoms with Gasteiger partial charge in [0.25, 0.3) is 0 Å². The molecule has 298 valence electrons. The van der Waals surface area contributed by atoms with Gasteiger partial charge < -0.3 is 34.6 Å². The van der Waals surface area contributed by atoms with Gasteiger partial charge >= 0.3 is 0 Å². The van der Waals surface area contributed by atoms with E-state index in [0.29, 0.717) is 77.1 Å². The molecule has 7 heteroatoms. The van der Waals surface area contributed by atoms with E-state index in [4.69, 9.17) is 24.7 Å². The van der Waals surface area contributed by atoms with E-state index in [-0.39, 0.29) is 12.5 Å². The zero-order valence-electron chi connectivity index (χ0n) is 33.9. The minimum absolute atomic E-state index is 0.0790. The van der Waals surface area contributed by atoms with Gasteiger partial charge in [-0.2, -0.15) is 0 Å². The van der Waals surface area contributed by atoms with Crippen molar-refractivity contribution in [1.82, 2.24) is 0 Å². The number of aliphatic hydroxyl groups is 1. The zero-order valence-corrected chi connectivity index (χ0v) is 33.9. The number of aliphatic hydroxyl groups excluding tert-OH is 1. The third-order valence-electron chi connectivity index (χ3n) is 13.8. The molecule has 4 fully saturated rings. The fourth-order valence-electron chi connectivity index (χ4n) is 10.7. The molecule has 3 N–H and O–H groups in total.